The highest BCUT2D eigenvalue weighted by molar-refractivity contribution is 5.77. The SMILES string of the molecule is Cc1cc(=O)[nH]c(C(C)(C)NC(=O)CC(C)Cc2cccc(F)c2)n1. The van der Waals surface area contributed by atoms with E-state index in [2.05, 4.69) is 15.3 Å². The predicted molar refractivity (Wildman–Crippen MR) is 94.6 cm³/mol. The number of amides is 1. The molecule has 1 unspecified atom stereocenters. The van der Waals surface area contributed by atoms with Crippen LogP contribution in [0.2, 0.25) is 0 Å². The van der Waals surface area contributed by atoms with Gasteiger partial charge in [-0.3, -0.25) is 9.59 Å². The molecule has 0 aliphatic heterocycles. The smallest absolute Gasteiger partial charge is 0.251 e. The quantitative estimate of drug-likeness (QED) is 0.845. The number of hydrogen-bond acceptors (Lipinski definition) is 3. The molecule has 0 aliphatic rings. The van der Waals surface area contributed by atoms with Crippen molar-refractivity contribution in [2.24, 2.45) is 5.92 Å². The molecule has 2 rings (SSSR count). The van der Waals surface area contributed by atoms with Crippen LogP contribution >= 0.6 is 0 Å². The Morgan fingerprint density at radius 1 is 1.36 bits per heavy atom. The van der Waals surface area contributed by atoms with Crippen molar-refractivity contribution in [2.45, 2.75) is 46.1 Å². The van der Waals surface area contributed by atoms with Crippen molar-refractivity contribution < 1.29 is 9.18 Å². The van der Waals surface area contributed by atoms with E-state index in [0.29, 0.717) is 24.4 Å². The summed E-state index contributed by atoms with van der Waals surface area (Å²) in [5.41, 5.74) is 0.426. The summed E-state index contributed by atoms with van der Waals surface area (Å²) in [6.07, 6.45) is 0.918. The first-order chi connectivity index (χ1) is 11.7. The van der Waals surface area contributed by atoms with Gasteiger partial charge >= 0.3 is 0 Å². The second-order valence-corrected chi connectivity index (χ2v) is 7.05. The van der Waals surface area contributed by atoms with Gasteiger partial charge in [0.25, 0.3) is 5.56 Å². The Morgan fingerprint density at radius 3 is 2.72 bits per heavy atom. The number of aryl methyl sites for hydroxylation is 1. The van der Waals surface area contributed by atoms with Crippen molar-refractivity contribution in [3.63, 3.8) is 0 Å². The zero-order valence-electron chi connectivity index (χ0n) is 15.0. The van der Waals surface area contributed by atoms with Crippen LogP contribution in [0.1, 0.15) is 44.3 Å². The number of H-pyrrole nitrogens is 1. The Hall–Kier alpha value is -2.50. The molecule has 1 atom stereocenters. The van der Waals surface area contributed by atoms with E-state index in [9.17, 15) is 14.0 Å². The molecule has 5 nitrogen and oxygen atoms in total. The van der Waals surface area contributed by atoms with E-state index >= 15 is 0 Å². The summed E-state index contributed by atoms with van der Waals surface area (Å²) in [5, 5.41) is 2.91. The minimum atomic E-state index is -0.791. The van der Waals surface area contributed by atoms with Crippen LogP contribution in [0.25, 0.3) is 0 Å². The molecule has 0 spiro atoms. The molecule has 0 aliphatic carbocycles. The van der Waals surface area contributed by atoms with Crippen LogP contribution in [0.5, 0.6) is 0 Å². The molecule has 0 fully saturated rings. The minimum absolute atomic E-state index is 0.0575. The minimum Gasteiger partial charge on any atom is -0.344 e. The molecular weight excluding hydrogens is 321 g/mol. The summed E-state index contributed by atoms with van der Waals surface area (Å²) in [5.74, 6) is 0.0635. The van der Waals surface area contributed by atoms with Crippen LogP contribution < -0.4 is 10.9 Å². The number of hydrogen-bond donors (Lipinski definition) is 2. The molecule has 1 aromatic carbocycles. The van der Waals surface area contributed by atoms with Crippen LogP contribution in [-0.2, 0) is 16.8 Å². The van der Waals surface area contributed by atoms with Crippen LogP contribution in [-0.4, -0.2) is 15.9 Å². The van der Waals surface area contributed by atoms with Crippen molar-refractivity contribution in [3.05, 3.63) is 63.6 Å². The van der Waals surface area contributed by atoms with Gasteiger partial charge in [0.05, 0.1) is 5.54 Å². The van der Waals surface area contributed by atoms with Crippen LogP contribution in [0.4, 0.5) is 4.39 Å². The molecule has 6 heteroatoms. The lowest BCUT2D eigenvalue weighted by molar-refractivity contribution is -0.123. The van der Waals surface area contributed by atoms with Crippen molar-refractivity contribution in [1.82, 2.24) is 15.3 Å². The van der Waals surface area contributed by atoms with Gasteiger partial charge < -0.3 is 10.3 Å². The van der Waals surface area contributed by atoms with E-state index < -0.39 is 5.54 Å². The molecule has 1 heterocycles. The third kappa shape index (κ3) is 5.52. The van der Waals surface area contributed by atoms with E-state index in [1.165, 1.54) is 18.2 Å². The maximum absolute atomic E-state index is 13.2. The normalized spacial score (nSPS) is 12.7. The topological polar surface area (TPSA) is 74.8 Å². The first-order valence-electron chi connectivity index (χ1n) is 8.29. The lowest BCUT2D eigenvalue weighted by Gasteiger charge is -2.26. The van der Waals surface area contributed by atoms with Crippen molar-refractivity contribution in [3.8, 4) is 0 Å². The maximum atomic E-state index is 13.2. The summed E-state index contributed by atoms with van der Waals surface area (Å²) in [6, 6.07) is 7.81. The highest BCUT2D eigenvalue weighted by Crippen LogP contribution is 2.17. The second kappa shape index (κ2) is 7.59. The van der Waals surface area contributed by atoms with Gasteiger partial charge in [-0.15, -0.1) is 0 Å². The summed E-state index contributed by atoms with van der Waals surface area (Å²) in [4.78, 5) is 31.0. The van der Waals surface area contributed by atoms with Crippen molar-refractivity contribution >= 4 is 5.91 Å². The number of carbonyl (C=O) groups is 1. The van der Waals surface area contributed by atoms with Gasteiger partial charge in [-0.05, 0) is 50.8 Å². The second-order valence-electron chi connectivity index (χ2n) is 7.05. The lowest BCUT2D eigenvalue weighted by atomic mass is 9.96. The predicted octanol–water partition coefficient (Wildman–Crippen LogP) is 2.84. The highest BCUT2D eigenvalue weighted by Gasteiger charge is 2.26. The van der Waals surface area contributed by atoms with Crippen LogP contribution in [0.15, 0.2) is 35.1 Å². The van der Waals surface area contributed by atoms with Gasteiger partial charge in [0.1, 0.15) is 11.6 Å². The molecule has 0 saturated heterocycles. The molecule has 0 saturated carbocycles. The molecule has 2 N–H and O–H groups in total. The average molecular weight is 345 g/mol. The Kier molecular flexibility index (Phi) is 5.72. The fourth-order valence-corrected chi connectivity index (χ4v) is 2.79. The zero-order chi connectivity index (χ0) is 18.6. The Labute approximate surface area is 146 Å². The monoisotopic (exact) mass is 345 g/mol. The van der Waals surface area contributed by atoms with Crippen molar-refractivity contribution in [1.29, 1.82) is 0 Å². The largest absolute Gasteiger partial charge is 0.344 e. The van der Waals surface area contributed by atoms with Gasteiger partial charge in [0, 0.05) is 18.2 Å². The summed E-state index contributed by atoms with van der Waals surface area (Å²) in [6.45, 7) is 7.27. The van der Waals surface area contributed by atoms with Crippen LogP contribution in [0.3, 0.4) is 0 Å². The number of benzene rings is 1. The van der Waals surface area contributed by atoms with E-state index in [-0.39, 0.29) is 23.2 Å². The lowest BCUT2D eigenvalue weighted by Crippen LogP contribution is -2.43. The number of aromatic amines is 1. The van der Waals surface area contributed by atoms with Gasteiger partial charge in [0.2, 0.25) is 5.91 Å². The van der Waals surface area contributed by atoms with E-state index in [1.54, 1.807) is 26.8 Å². The van der Waals surface area contributed by atoms with Gasteiger partial charge in [0.15, 0.2) is 0 Å². The number of carbonyl (C=O) groups excluding carboxylic acids is 1. The molecule has 1 aromatic heterocycles. The number of nitrogens with zero attached hydrogens (tertiary/aromatic N) is 1. The van der Waals surface area contributed by atoms with E-state index in [4.69, 9.17) is 0 Å². The van der Waals surface area contributed by atoms with E-state index in [0.717, 1.165) is 5.56 Å². The molecule has 0 radical (unpaired) electrons. The van der Waals surface area contributed by atoms with Gasteiger partial charge in [-0.25, -0.2) is 9.37 Å². The third-order valence-electron chi connectivity index (χ3n) is 3.92. The fraction of sp³-hybridized carbons (Fsp3) is 0.421. The van der Waals surface area contributed by atoms with Gasteiger partial charge in [-0.2, -0.15) is 0 Å². The van der Waals surface area contributed by atoms with E-state index in [1.807, 2.05) is 13.0 Å². The summed E-state index contributed by atoms with van der Waals surface area (Å²) in [7, 11) is 0. The maximum Gasteiger partial charge on any atom is 0.251 e. The highest BCUT2D eigenvalue weighted by atomic mass is 19.1. The first-order valence-corrected chi connectivity index (χ1v) is 8.29. The average Bonchev–Trinajstić information content (AvgIpc) is 2.45. The molecular formula is C19H24FN3O2. The molecule has 0 bridgehead atoms. The number of aromatic nitrogens is 2. The molecule has 25 heavy (non-hydrogen) atoms. The molecule has 2 aromatic rings. The van der Waals surface area contributed by atoms with Crippen LogP contribution in [0, 0.1) is 18.7 Å². The standard InChI is InChI=1S/C19H24FN3O2/c1-12(8-14-6-5-7-15(20)11-14)9-17(25)23-19(3,4)18-21-13(2)10-16(24)22-18/h5-7,10-12H,8-9H2,1-4H3,(H,23,25)(H,21,22,24). The summed E-state index contributed by atoms with van der Waals surface area (Å²) < 4.78 is 13.2. The Balaban J connectivity index is 1.99. The zero-order valence-corrected chi connectivity index (χ0v) is 15.0. The Bertz CT molecular complexity index is 814. The van der Waals surface area contributed by atoms with Crippen molar-refractivity contribution in [2.75, 3.05) is 0 Å². The number of nitrogens with one attached hydrogen (secondary N) is 2. The molecule has 134 valence electrons. The van der Waals surface area contributed by atoms with Gasteiger partial charge in [-0.1, -0.05) is 19.1 Å². The first kappa shape index (κ1) is 18.8. The molecule has 1 amide bonds. The third-order valence-corrected chi connectivity index (χ3v) is 3.92. The number of rotatable bonds is 6. The number of halogens is 1. The Morgan fingerprint density at radius 2 is 2.08 bits per heavy atom. The summed E-state index contributed by atoms with van der Waals surface area (Å²) >= 11 is 0. The fourth-order valence-electron chi connectivity index (χ4n) is 2.79.